The van der Waals surface area contributed by atoms with Crippen LogP contribution in [0.2, 0.25) is 0 Å². The smallest absolute Gasteiger partial charge is 0.222 e. The quantitative estimate of drug-likeness (QED) is 0.651. The maximum atomic E-state index is 12.1. The first-order valence-corrected chi connectivity index (χ1v) is 8.22. The van der Waals surface area contributed by atoms with Gasteiger partial charge >= 0.3 is 0 Å². The lowest BCUT2D eigenvalue weighted by atomic mass is 10.0. The first-order valence-electron chi connectivity index (χ1n) is 8.22. The number of nitrogens with zero attached hydrogens (tertiary/aromatic N) is 1. The van der Waals surface area contributed by atoms with Gasteiger partial charge in [0.1, 0.15) is 0 Å². The minimum absolute atomic E-state index is 0.348. The minimum atomic E-state index is 0.348. The normalized spacial score (nSPS) is 16.5. The van der Waals surface area contributed by atoms with Crippen LogP contribution < -0.4 is 5.32 Å². The highest BCUT2D eigenvalue weighted by Crippen LogP contribution is 2.13. The van der Waals surface area contributed by atoms with Crippen LogP contribution in [0.3, 0.4) is 0 Å². The summed E-state index contributed by atoms with van der Waals surface area (Å²) in [7, 11) is 1.99. The number of carbonyl (C=O) groups is 1. The number of nitrogens with one attached hydrogen (secondary N) is 1. The van der Waals surface area contributed by atoms with Crippen molar-refractivity contribution in [2.24, 2.45) is 0 Å². The fourth-order valence-electron chi connectivity index (χ4n) is 2.81. The zero-order chi connectivity index (χ0) is 13.9. The topological polar surface area (TPSA) is 32.3 Å². The highest BCUT2D eigenvalue weighted by molar-refractivity contribution is 5.76. The Hall–Kier alpha value is -0.570. The first-order chi connectivity index (χ1) is 9.25. The Morgan fingerprint density at radius 1 is 1.05 bits per heavy atom. The summed E-state index contributed by atoms with van der Waals surface area (Å²) in [5, 5.41) is 3.35. The molecule has 3 heteroatoms. The van der Waals surface area contributed by atoms with Crippen molar-refractivity contribution in [1.82, 2.24) is 10.2 Å². The van der Waals surface area contributed by atoms with E-state index in [1.807, 2.05) is 11.9 Å². The van der Waals surface area contributed by atoms with Gasteiger partial charge < -0.3 is 10.2 Å². The standard InChI is InChI=1S/C16H32N2O/c1-3-4-5-6-7-8-9-10-16(19)18(2)15-11-13-17-14-12-15/h15,17H,3-14H2,1-2H3. The molecule has 0 bridgehead atoms. The Bertz CT molecular complexity index is 237. The first kappa shape index (κ1) is 16.5. The van der Waals surface area contributed by atoms with E-state index in [1.54, 1.807) is 0 Å². The average Bonchev–Trinajstić information content (AvgIpc) is 2.46. The molecule has 0 unspecified atom stereocenters. The SMILES string of the molecule is CCCCCCCCCC(=O)N(C)C1CCNCC1. The number of piperidine rings is 1. The van der Waals surface area contributed by atoms with Crippen LogP contribution in [0.5, 0.6) is 0 Å². The Balaban J connectivity index is 2.03. The number of hydrogen-bond acceptors (Lipinski definition) is 2. The summed E-state index contributed by atoms with van der Waals surface area (Å²) in [6.45, 7) is 4.36. The number of hydrogen-bond donors (Lipinski definition) is 1. The molecule has 1 fully saturated rings. The van der Waals surface area contributed by atoms with Crippen molar-refractivity contribution in [3.8, 4) is 0 Å². The van der Waals surface area contributed by atoms with Crippen LogP contribution in [0.4, 0.5) is 0 Å². The fourth-order valence-corrected chi connectivity index (χ4v) is 2.81. The molecule has 0 aromatic rings. The predicted molar refractivity (Wildman–Crippen MR) is 81.3 cm³/mol. The van der Waals surface area contributed by atoms with E-state index < -0.39 is 0 Å². The Kier molecular flexibility index (Phi) is 8.89. The van der Waals surface area contributed by atoms with Gasteiger partial charge in [-0.2, -0.15) is 0 Å². The monoisotopic (exact) mass is 268 g/mol. The summed E-state index contributed by atoms with van der Waals surface area (Å²) in [5.41, 5.74) is 0. The molecule has 0 aromatic heterocycles. The molecule has 0 aromatic carbocycles. The van der Waals surface area contributed by atoms with Crippen molar-refractivity contribution in [2.45, 2.75) is 77.2 Å². The molecule has 19 heavy (non-hydrogen) atoms. The van der Waals surface area contributed by atoms with Crippen molar-refractivity contribution in [3.05, 3.63) is 0 Å². The largest absolute Gasteiger partial charge is 0.343 e. The van der Waals surface area contributed by atoms with Crippen LogP contribution in [0.25, 0.3) is 0 Å². The number of amides is 1. The summed E-state index contributed by atoms with van der Waals surface area (Å²) >= 11 is 0. The molecule has 1 N–H and O–H groups in total. The average molecular weight is 268 g/mol. The second-order valence-electron chi connectivity index (χ2n) is 5.86. The van der Waals surface area contributed by atoms with E-state index in [0.29, 0.717) is 11.9 Å². The molecule has 112 valence electrons. The summed E-state index contributed by atoms with van der Waals surface area (Å²) in [4.78, 5) is 14.1. The van der Waals surface area contributed by atoms with Gasteiger partial charge in [-0.25, -0.2) is 0 Å². The molecule has 1 heterocycles. The van der Waals surface area contributed by atoms with Gasteiger partial charge in [-0.05, 0) is 32.4 Å². The lowest BCUT2D eigenvalue weighted by Crippen LogP contribution is -2.43. The Morgan fingerprint density at radius 2 is 1.63 bits per heavy atom. The summed E-state index contributed by atoms with van der Waals surface area (Å²) in [6, 6.07) is 0.471. The zero-order valence-electron chi connectivity index (χ0n) is 12.9. The van der Waals surface area contributed by atoms with Gasteiger partial charge in [0.15, 0.2) is 0 Å². The lowest BCUT2D eigenvalue weighted by Gasteiger charge is -2.31. The molecule has 0 atom stereocenters. The van der Waals surface area contributed by atoms with Gasteiger partial charge in [-0.1, -0.05) is 45.4 Å². The highest BCUT2D eigenvalue weighted by Gasteiger charge is 2.21. The molecule has 3 nitrogen and oxygen atoms in total. The maximum Gasteiger partial charge on any atom is 0.222 e. The van der Waals surface area contributed by atoms with Crippen molar-refractivity contribution in [2.75, 3.05) is 20.1 Å². The van der Waals surface area contributed by atoms with Crippen LogP contribution in [-0.2, 0) is 4.79 Å². The molecule has 0 spiro atoms. The van der Waals surface area contributed by atoms with Crippen LogP contribution >= 0.6 is 0 Å². The van der Waals surface area contributed by atoms with Gasteiger partial charge in [0.25, 0.3) is 0 Å². The highest BCUT2D eigenvalue weighted by atomic mass is 16.2. The third-order valence-electron chi connectivity index (χ3n) is 4.24. The molecule has 1 aliphatic heterocycles. The maximum absolute atomic E-state index is 12.1. The van der Waals surface area contributed by atoms with Crippen LogP contribution in [0, 0.1) is 0 Å². The van der Waals surface area contributed by atoms with E-state index >= 15 is 0 Å². The second kappa shape index (κ2) is 10.2. The molecule has 1 saturated heterocycles. The van der Waals surface area contributed by atoms with E-state index in [9.17, 15) is 4.79 Å². The minimum Gasteiger partial charge on any atom is -0.343 e. The fraction of sp³-hybridized carbons (Fsp3) is 0.938. The Morgan fingerprint density at radius 3 is 2.26 bits per heavy atom. The molecule has 0 radical (unpaired) electrons. The van der Waals surface area contributed by atoms with Crippen molar-refractivity contribution in [1.29, 1.82) is 0 Å². The van der Waals surface area contributed by atoms with Crippen LogP contribution in [0.15, 0.2) is 0 Å². The van der Waals surface area contributed by atoms with E-state index in [-0.39, 0.29) is 0 Å². The van der Waals surface area contributed by atoms with E-state index in [4.69, 9.17) is 0 Å². The summed E-state index contributed by atoms with van der Waals surface area (Å²) in [6.07, 6.45) is 11.9. The predicted octanol–water partition coefficient (Wildman–Crippen LogP) is 3.34. The molecule has 0 saturated carbocycles. The Labute approximate surface area is 119 Å². The number of carbonyl (C=O) groups excluding carboxylic acids is 1. The summed E-state index contributed by atoms with van der Waals surface area (Å²) in [5.74, 6) is 0.348. The van der Waals surface area contributed by atoms with Crippen LogP contribution in [0.1, 0.15) is 71.1 Å². The van der Waals surface area contributed by atoms with Gasteiger partial charge in [-0.3, -0.25) is 4.79 Å². The van der Waals surface area contributed by atoms with Gasteiger partial charge in [0.2, 0.25) is 5.91 Å². The lowest BCUT2D eigenvalue weighted by molar-refractivity contribution is -0.132. The molecule has 0 aliphatic carbocycles. The molecule has 1 rings (SSSR count). The third kappa shape index (κ3) is 6.95. The van der Waals surface area contributed by atoms with Crippen molar-refractivity contribution >= 4 is 5.91 Å². The van der Waals surface area contributed by atoms with Crippen molar-refractivity contribution in [3.63, 3.8) is 0 Å². The zero-order valence-corrected chi connectivity index (χ0v) is 12.9. The molecular formula is C16H32N2O. The van der Waals surface area contributed by atoms with E-state index in [2.05, 4.69) is 12.2 Å². The van der Waals surface area contributed by atoms with Crippen LogP contribution in [-0.4, -0.2) is 37.0 Å². The number of unbranched alkanes of at least 4 members (excludes halogenated alkanes) is 6. The second-order valence-corrected chi connectivity index (χ2v) is 5.86. The molecule has 1 aliphatic rings. The van der Waals surface area contributed by atoms with Gasteiger partial charge in [0, 0.05) is 19.5 Å². The van der Waals surface area contributed by atoms with E-state index in [1.165, 1.54) is 38.5 Å². The van der Waals surface area contributed by atoms with Crippen molar-refractivity contribution < 1.29 is 4.79 Å². The molecular weight excluding hydrogens is 236 g/mol. The van der Waals surface area contributed by atoms with Gasteiger partial charge in [0.05, 0.1) is 0 Å². The summed E-state index contributed by atoms with van der Waals surface area (Å²) < 4.78 is 0. The third-order valence-corrected chi connectivity index (χ3v) is 4.24. The van der Waals surface area contributed by atoms with Gasteiger partial charge in [-0.15, -0.1) is 0 Å². The molecule has 1 amide bonds. The van der Waals surface area contributed by atoms with E-state index in [0.717, 1.165) is 38.8 Å². The number of rotatable bonds is 9.